The van der Waals surface area contributed by atoms with Crippen LogP contribution in [0, 0.1) is 0 Å². The van der Waals surface area contributed by atoms with Crippen molar-refractivity contribution in [1.82, 2.24) is 34.4 Å². The molecule has 1 fully saturated rings. The Kier molecular flexibility index (Phi) is 5.16. The van der Waals surface area contributed by atoms with Crippen LogP contribution >= 0.6 is 0 Å². The molecule has 9 nitrogen and oxygen atoms in total. The fourth-order valence-electron chi connectivity index (χ4n) is 3.06. The molecule has 144 valence electrons. The third kappa shape index (κ3) is 3.94. The van der Waals surface area contributed by atoms with Gasteiger partial charge in [0.05, 0.1) is 18.1 Å². The predicted molar refractivity (Wildman–Crippen MR) is 108 cm³/mol. The van der Waals surface area contributed by atoms with Crippen LogP contribution in [0.5, 0.6) is 0 Å². The Balaban J connectivity index is 0.000000336. The summed E-state index contributed by atoms with van der Waals surface area (Å²) < 4.78 is 3.67. The summed E-state index contributed by atoms with van der Waals surface area (Å²) in [6.45, 7) is 2.50. The van der Waals surface area contributed by atoms with Crippen molar-refractivity contribution in [2.45, 2.75) is 12.8 Å². The third-order valence-corrected chi connectivity index (χ3v) is 4.42. The molecule has 1 saturated heterocycles. The molecule has 0 radical (unpaired) electrons. The molecule has 1 aliphatic heterocycles. The van der Waals surface area contributed by atoms with Crippen LogP contribution in [0.4, 0.5) is 11.5 Å². The Hall–Kier alpha value is -3.46. The summed E-state index contributed by atoms with van der Waals surface area (Å²) in [6.07, 6.45) is 13.4. The largest absolute Gasteiger partial charge is 0.337 e. The molecule has 3 N–H and O–H groups in total. The number of pyridine rings is 1. The maximum Gasteiger partial charge on any atom is 0.249 e. The average molecular weight is 378 g/mol. The number of fused-ring (bicyclic) bond motifs is 1. The summed E-state index contributed by atoms with van der Waals surface area (Å²) in [4.78, 5) is 22.7. The third-order valence-electron chi connectivity index (χ3n) is 4.42. The second kappa shape index (κ2) is 8.05. The first-order chi connectivity index (χ1) is 13.7. The van der Waals surface area contributed by atoms with Gasteiger partial charge < -0.3 is 15.6 Å². The van der Waals surface area contributed by atoms with Gasteiger partial charge in [0.2, 0.25) is 5.56 Å². The Morgan fingerprint density at radius 2 is 2.04 bits per heavy atom. The van der Waals surface area contributed by atoms with Crippen LogP contribution in [0.3, 0.4) is 0 Å². The first-order valence-corrected chi connectivity index (χ1v) is 9.18. The highest BCUT2D eigenvalue weighted by molar-refractivity contribution is 5.73. The Labute approximate surface area is 161 Å². The van der Waals surface area contributed by atoms with Gasteiger partial charge in [0, 0.05) is 49.2 Å². The molecule has 1 aliphatic rings. The maximum atomic E-state index is 11.4. The van der Waals surface area contributed by atoms with Crippen molar-refractivity contribution in [2.24, 2.45) is 7.05 Å². The number of rotatable bonds is 3. The number of anilines is 2. The molecule has 0 amide bonds. The number of imidazole rings is 1. The van der Waals surface area contributed by atoms with E-state index in [4.69, 9.17) is 0 Å². The summed E-state index contributed by atoms with van der Waals surface area (Å²) >= 11 is 0. The minimum absolute atomic E-state index is 0.179. The number of nitrogens with one attached hydrogen (secondary N) is 3. The number of aryl methyl sites for hydroxylation is 1. The lowest BCUT2D eigenvalue weighted by Crippen LogP contribution is -2.05. The second-order valence-corrected chi connectivity index (χ2v) is 6.54. The minimum atomic E-state index is -0.179. The van der Waals surface area contributed by atoms with E-state index in [1.165, 1.54) is 32.0 Å². The van der Waals surface area contributed by atoms with Gasteiger partial charge in [-0.05, 0) is 32.0 Å². The Bertz CT molecular complexity index is 1110. The number of nitrogens with zero attached hydrogens (tertiary/aromatic N) is 5. The van der Waals surface area contributed by atoms with Gasteiger partial charge in [0.15, 0.2) is 11.5 Å². The summed E-state index contributed by atoms with van der Waals surface area (Å²) in [5, 5.41) is 10.5. The highest BCUT2D eigenvalue weighted by Gasteiger charge is 2.11. The van der Waals surface area contributed by atoms with Crippen molar-refractivity contribution in [3.8, 4) is 11.3 Å². The molecule has 4 aromatic rings. The zero-order valence-electron chi connectivity index (χ0n) is 15.6. The lowest BCUT2D eigenvalue weighted by Gasteiger charge is -2.06. The van der Waals surface area contributed by atoms with Crippen molar-refractivity contribution in [1.29, 1.82) is 0 Å². The Morgan fingerprint density at radius 3 is 2.71 bits per heavy atom. The zero-order valence-corrected chi connectivity index (χ0v) is 15.6. The quantitative estimate of drug-likeness (QED) is 0.503. The molecule has 0 aliphatic carbocycles. The molecule has 0 aromatic carbocycles. The van der Waals surface area contributed by atoms with Crippen molar-refractivity contribution < 1.29 is 0 Å². The molecule has 9 heteroatoms. The molecule has 0 unspecified atom stereocenters. The van der Waals surface area contributed by atoms with Crippen LogP contribution in [0.1, 0.15) is 12.8 Å². The molecule has 5 heterocycles. The molecular weight excluding hydrogens is 356 g/mol. The van der Waals surface area contributed by atoms with Crippen molar-refractivity contribution in [3.63, 3.8) is 0 Å². The van der Waals surface area contributed by atoms with Gasteiger partial charge >= 0.3 is 0 Å². The summed E-state index contributed by atoms with van der Waals surface area (Å²) in [6, 6.07) is 3.23. The van der Waals surface area contributed by atoms with Crippen LogP contribution in [-0.4, -0.2) is 42.2 Å². The van der Waals surface area contributed by atoms with Gasteiger partial charge in [-0.1, -0.05) is 0 Å². The van der Waals surface area contributed by atoms with Crippen LogP contribution < -0.4 is 16.2 Å². The first kappa shape index (κ1) is 17.9. The van der Waals surface area contributed by atoms with Gasteiger partial charge in [-0.15, -0.1) is 0 Å². The molecule has 0 atom stereocenters. The molecule has 0 saturated carbocycles. The van der Waals surface area contributed by atoms with Gasteiger partial charge in [0.1, 0.15) is 0 Å². The number of hydrogen-bond acceptors (Lipinski definition) is 6. The van der Waals surface area contributed by atoms with Crippen LogP contribution in [0.25, 0.3) is 16.9 Å². The zero-order chi connectivity index (χ0) is 19.3. The van der Waals surface area contributed by atoms with Gasteiger partial charge in [-0.3, -0.25) is 13.9 Å². The highest BCUT2D eigenvalue weighted by atomic mass is 16.1. The molecule has 0 bridgehead atoms. The summed E-state index contributed by atoms with van der Waals surface area (Å²) in [5.74, 6) is 0.577. The average Bonchev–Trinajstić information content (AvgIpc) is 3.44. The van der Waals surface area contributed by atoms with Crippen molar-refractivity contribution >= 4 is 17.2 Å². The van der Waals surface area contributed by atoms with Crippen LogP contribution in [0.2, 0.25) is 0 Å². The van der Waals surface area contributed by atoms with Crippen LogP contribution in [0.15, 0.2) is 54.1 Å². The Morgan fingerprint density at radius 1 is 1.18 bits per heavy atom. The fourth-order valence-corrected chi connectivity index (χ4v) is 3.06. The SMILES string of the molecule is C1CCNC1.Cn1cc(-c2cnc3c(Nc4cc[nH]c(=O)c4)nccn23)cn1. The van der Waals surface area contributed by atoms with E-state index in [9.17, 15) is 4.79 Å². The molecular formula is C19H22N8O. The smallest absolute Gasteiger partial charge is 0.249 e. The summed E-state index contributed by atoms with van der Waals surface area (Å²) in [7, 11) is 1.87. The van der Waals surface area contributed by atoms with E-state index in [2.05, 4.69) is 30.7 Å². The number of hydrogen-bond donors (Lipinski definition) is 3. The van der Waals surface area contributed by atoms with Gasteiger partial charge in [0.25, 0.3) is 0 Å². The first-order valence-electron chi connectivity index (χ1n) is 9.18. The normalized spacial score (nSPS) is 13.3. The summed E-state index contributed by atoms with van der Waals surface area (Å²) in [5.41, 5.74) is 3.03. The monoisotopic (exact) mass is 378 g/mol. The van der Waals surface area contributed by atoms with Crippen LogP contribution in [-0.2, 0) is 7.05 Å². The topological polar surface area (TPSA) is 105 Å². The molecule has 0 spiro atoms. The molecule has 4 aromatic heterocycles. The van der Waals surface area contributed by atoms with E-state index in [1.54, 1.807) is 35.5 Å². The number of aromatic amines is 1. The predicted octanol–water partition coefficient (Wildman–Crippen LogP) is 1.93. The van der Waals surface area contributed by atoms with Crippen molar-refractivity contribution in [2.75, 3.05) is 18.4 Å². The number of aromatic nitrogens is 6. The van der Waals surface area contributed by atoms with E-state index >= 15 is 0 Å². The van der Waals surface area contributed by atoms with E-state index < -0.39 is 0 Å². The van der Waals surface area contributed by atoms with Crippen molar-refractivity contribution in [3.05, 3.63) is 59.7 Å². The lowest BCUT2D eigenvalue weighted by molar-refractivity contribution is 0.768. The standard InChI is InChI=1S/C15H13N7O.C4H9N/c1-21-9-10(7-19-21)12-8-18-15-14(17-4-5-22(12)15)20-11-2-3-16-13(23)6-11;1-2-4-5-3-1/h2-9H,1H3,(H2,16,17,20,23);5H,1-4H2. The fraction of sp³-hybridized carbons (Fsp3) is 0.263. The second-order valence-electron chi connectivity index (χ2n) is 6.54. The van der Waals surface area contributed by atoms with E-state index in [0.717, 1.165) is 11.3 Å². The van der Waals surface area contributed by atoms with Gasteiger partial charge in [-0.25, -0.2) is 9.97 Å². The maximum absolute atomic E-state index is 11.4. The van der Waals surface area contributed by atoms with E-state index in [1.807, 2.05) is 23.8 Å². The number of H-pyrrole nitrogens is 1. The van der Waals surface area contributed by atoms with E-state index in [0.29, 0.717) is 17.2 Å². The van der Waals surface area contributed by atoms with E-state index in [-0.39, 0.29) is 5.56 Å². The molecule has 28 heavy (non-hydrogen) atoms. The minimum Gasteiger partial charge on any atom is -0.337 e. The lowest BCUT2D eigenvalue weighted by atomic mass is 10.3. The molecule has 5 rings (SSSR count). The highest BCUT2D eigenvalue weighted by Crippen LogP contribution is 2.24. The van der Waals surface area contributed by atoms with Gasteiger partial charge in [-0.2, -0.15) is 5.10 Å².